The second-order valence-corrected chi connectivity index (χ2v) is 3.30. The molecule has 1 N–H and O–H groups in total. The lowest BCUT2D eigenvalue weighted by Crippen LogP contribution is -1.97. The van der Waals surface area contributed by atoms with Gasteiger partial charge in [-0.15, -0.1) is 0 Å². The summed E-state index contributed by atoms with van der Waals surface area (Å²) in [6, 6.07) is 9.58. The highest BCUT2D eigenvalue weighted by Gasteiger charge is 2.06. The second-order valence-electron chi connectivity index (χ2n) is 3.09. The van der Waals surface area contributed by atoms with E-state index in [-0.39, 0.29) is 0 Å². The summed E-state index contributed by atoms with van der Waals surface area (Å²) in [6.45, 7) is 1.90. The summed E-state index contributed by atoms with van der Waals surface area (Å²) in [5, 5.41) is 9.72. The van der Waals surface area contributed by atoms with Gasteiger partial charge in [0.2, 0.25) is 0 Å². The van der Waals surface area contributed by atoms with Crippen molar-refractivity contribution in [3.05, 3.63) is 47.0 Å². The summed E-state index contributed by atoms with van der Waals surface area (Å²) in [6.07, 6.45) is 0.143. The second kappa shape index (κ2) is 5.05. The molecule has 0 aliphatic heterocycles. The zero-order chi connectivity index (χ0) is 9.68. The lowest BCUT2D eigenvalue weighted by Gasteiger charge is -2.10. The molecule has 1 nitrogen and oxygen atoms in total. The van der Waals surface area contributed by atoms with Crippen molar-refractivity contribution in [3.8, 4) is 0 Å². The first-order chi connectivity index (χ1) is 6.24. The van der Waals surface area contributed by atoms with Crippen LogP contribution in [0.15, 0.2) is 41.4 Å². The van der Waals surface area contributed by atoms with Crippen molar-refractivity contribution in [1.29, 1.82) is 0 Å². The SMILES string of the molecule is C/C(=C/Cl)CC(O)c1ccccc1. The van der Waals surface area contributed by atoms with Gasteiger partial charge in [0.15, 0.2) is 0 Å². The van der Waals surface area contributed by atoms with Crippen molar-refractivity contribution >= 4 is 11.6 Å². The minimum absolute atomic E-state index is 0.448. The van der Waals surface area contributed by atoms with Gasteiger partial charge in [0.05, 0.1) is 6.10 Å². The highest BCUT2D eigenvalue weighted by Crippen LogP contribution is 2.20. The quantitative estimate of drug-likeness (QED) is 0.787. The van der Waals surface area contributed by atoms with Gasteiger partial charge in [-0.3, -0.25) is 0 Å². The minimum atomic E-state index is -0.448. The first-order valence-electron chi connectivity index (χ1n) is 4.23. The molecule has 0 amide bonds. The predicted molar refractivity (Wildman–Crippen MR) is 55.6 cm³/mol. The van der Waals surface area contributed by atoms with Crippen molar-refractivity contribution in [2.24, 2.45) is 0 Å². The molecule has 0 aliphatic carbocycles. The molecule has 70 valence electrons. The summed E-state index contributed by atoms with van der Waals surface area (Å²) in [5.74, 6) is 0. The molecule has 0 aromatic heterocycles. The lowest BCUT2D eigenvalue weighted by atomic mass is 10.0. The van der Waals surface area contributed by atoms with Crippen LogP contribution >= 0.6 is 11.6 Å². The molecule has 0 saturated heterocycles. The van der Waals surface area contributed by atoms with Gasteiger partial charge >= 0.3 is 0 Å². The van der Waals surface area contributed by atoms with Gasteiger partial charge in [-0.2, -0.15) is 0 Å². The van der Waals surface area contributed by atoms with E-state index in [2.05, 4.69) is 0 Å². The Morgan fingerprint density at radius 1 is 1.46 bits per heavy atom. The summed E-state index contributed by atoms with van der Waals surface area (Å²) in [5.41, 5.74) is 3.42. The monoisotopic (exact) mass is 196 g/mol. The third-order valence-corrected chi connectivity index (χ3v) is 2.26. The molecule has 1 rings (SSSR count). The molecule has 0 spiro atoms. The van der Waals surface area contributed by atoms with E-state index in [4.69, 9.17) is 11.6 Å². The van der Waals surface area contributed by atoms with E-state index >= 15 is 0 Å². The Hall–Kier alpha value is -0.790. The predicted octanol–water partition coefficient (Wildman–Crippen LogP) is 3.25. The molecule has 1 aromatic rings. The van der Waals surface area contributed by atoms with E-state index in [1.54, 1.807) is 0 Å². The fraction of sp³-hybridized carbons (Fsp3) is 0.273. The Morgan fingerprint density at radius 3 is 2.62 bits per heavy atom. The molecular weight excluding hydrogens is 184 g/mol. The smallest absolute Gasteiger partial charge is 0.0827 e. The molecule has 0 bridgehead atoms. The van der Waals surface area contributed by atoms with Gasteiger partial charge in [-0.1, -0.05) is 47.5 Å². The van der Waals surface area contributed by atoms with E-state index in [9.17, 15) is 5.11 Å². The maximum Gasteiger partial charge on any atom is 0.0827 e. The zero-order valence-electron chi connectivity index (χ0n) is 7.57. The lowest BCUT2D eigenvalue weighted by molar-refractivity contribution is 0.178. The molecule has 1 unspecified atom stereocenters. The molecule has 0 fully saturated rings. The standard InChI is InChI=1S/C11H13ClO/c1-9(8-12)7-11(13)10-5-3-2-4-6-10/h2-6,8,11,13H,7H2,1H3/b9-8-. The summed E-state index contributed by atoms with van der Waals surface area (Å²) in [4.78, 5) is 0. The van der Waals surface area contributed by atoms with Gasteiger partial charge < -0.3 is 5.11 Å². The van der Waals surface area contributed by atoms with E-state index < -0.39 is 6.10 Å². The zero-order valence-corrected chi connectivity index (χ0v) is 8.33. The molecule has 1 aromatic carbocycles. The third-order valence-electron chi connectivity index (χ3n) is 1.89. The van der Waals surface area contributed by atoms with Crippen molar-refractivity contribution < 1.29 is 5.11 Å². The van der Waals surface area contributed by atoms with Crippen molar-refractivity contribution in [2.75, 3.05) is 0 Å². The van der Waals surface area contributed by atoms with E-state index in [1.165, 1.54) is 5.54 Å². The topological polar surface area (TPSA) is 20.2 Å². The Bertz CT molecular complexity index is 279. The summed E-state index contributed by atoms with van der Waals surface area (Å²) >= 11 is 5.51. The Kier molecular flexibility index (Phi) is 4.00. The summed E-state index contributed by atoms with van der Waals surface area (Å²) < 4.78 is 0. The largest absolute Gasteiger partial charge is 0.388 e. The van der Waals surface area contributed by atoms with Crippen molar-refractivity contribution in [2.45, 2.75) is 19.4 Å². The number of benzene rings is 1. The Labute approximate surface area is 83.7 Å². The van der Waals surface area contributed by atoms with Crippen LogP contribution in [0.1, 0.15) is 25.0 Å². The van der Waals surface area contributed by atoms with E-state index in [0.29, 0.717) is 6.42 Å². The van der Waals surface area contributed by atoms with Crippen LogP contribution in [-0.2, 0) is 0 Å². The van der Waals surface area contributed by atoms with Crippen LogP contribution in [0.4, 0.5) is 0 Å². The van der Waals surface area contributed by atoms with Crippen LogP contribution in [0.5, 0.6) is 0 Å². The highest BCUT2D eigenvalue weighted by molar-refractivity contribution is 6.25. The number of aliphatic hydroxyl groups is 1. The fourth-order valence-electron chi connectivity index (χ4n) is 1.14. The van der Waals surface area contributed by atoms with Gasteiger partial charge in [-0.25, -0.2) is 0 Å². The normalized spacial score (nSPS) is 14.2. The molecule has 0 radical (unpaired) electrons. The van der Waals surface area contributed by atoms with Gasteiger partial charge in [0, 0.05) is 5.54 Å². The first kappa shape index (κ1) is 10.3. The number of hydrogen-bond acceptors (Lipinski definition) is 1. The van der Waals surface area contributed by atoms with Crippen LogP contribution < -0.4 is 0 Å². The van der Waals surface area contributed by atoms with Gasteiger partial charge in [0.25, 0.3) is 0 Å². The molecule has 13 heavy (non-hydrogen) atoms. The number of aliphatic hydroxyl groups excluding tert-OH is 1. The van der Waals surface area contributed by atoms with Crippen molar-refractivity contribution in [3.63, 3.8) is 0 Å². The average Bonchev–Trinajstić information content (AvgIpc) is 2.19. The number of hydrogen-bond donors (Lipinski definition) is 1. The highest BCUT2D eigenvalue weighted by atomic mass is 35.5. The Morgan fingerprint density at radius 2 is 2.08 bits per heavy atom. The fourth-order valence-corrected chi connectivity index (χ4v) is 1.23. The van der Waals surface area contributed by atoms with E-state index in [0.717, 1.165) is 11.1 Å². The van der Waals surface area contributed by atoms with Crippen LogP contribution in [0, 0.1) is 0 Å². The van der Waals surface area contributed by atoms with Crippen LogP contribution in [0.3, 0.4) is 0 Å². The number of rotatable bonds is 3. The Balaban J connectivity index is 2.64. The first-order valence-corrected chi connectivity index (χ1v) is 4.66. The number of halogens is 1. The maximum absolute atomic E-state index is 9.72. The van der Waals surface area contributed by atoms with Gasteiger partial charge in [0.1, 0.15) is 0 Å². The van der Waals surface area contributed by atoms with Crippen molar-refractivity contribution in [1.82, 2.24) is 0 Å². The van der Waals surface area contributed by atoms with Gasteiger partial charge in [-0.05, 0) is 18.9 Å². The van der Waals surface area contributed by atoms with Crippen LogP contribution in [0.25, 0.3) is 0 Å². The molecule has 0 saturated carbocycles. The molecular formula is C11H13ClO. The molecule has 0 aliphatic rings. The molecule has 1 atom stereocenters. The van der Waals surface area contributed by atoms with Crippen LogP contribution in [0.2, 0.25) is 0 Å². The maximum atomic E-state index is 9.72. The van der Waals surface area contributed by atoms with E-state index in [1.807, 2.05) is 37.3 Å². The molecule has 0 heterocycles. The molecule has 2 heteroatoms. The summed E-state index contributed by atoms with van der Waals surface area (Å²) in [7, 11) is 0. The third kappa shape index (κ3) is 3.21. The minimum Gasteiger partial charge on any atom is -0.388 e. The average molecular weight is 197 g/mol. The van der Waals surface area contributed by atoms with Crippen LogP contribution in [-0.4, -0.2) is 5.11 Å².